The second-order valence-corrected chi connectivity index (χ2v) is 14.1. The molecule has 0 aromatic heterocycles. The van der Waals surface area contributed by atoms with Crippen LogP contribution in [0, 0.1) is 0 Å². The molecule has 2 nitrogen and oxygen atoms in total. The van der Waals surface area contributed by atoms with Crippen LogP contribution >= 0.6 is 0 Å². The van der Waals surface area contributed by atoms with Crippen LogP contribution < -0.4 is 0 Å². The molecular weight excluding hydrogens is 256 g/mol. The predicted octanol–water partition coefficient (Wildman–Crippen LogP) is 4.45. The summed E-state index contributed by atoms with van der Waals surface area (Å²) in [4.78, 5) is 0. The van der Waals surface area contributed by atoms with Gasteiger partial charge in [-0.3, -0.25) is 0 Å². The van der Waals surface area contributed by atoms with Crippen LogP contribution in [0.3, 0.4) is 0 Å². The largest absolute Gasteiger partial charge is 0.396 e. The van der Waals surface area contributed by atoms with E-state index in [1.54, 1.807) is 0 Å². The van der Waals surface area contributed by atoms with Gasteiger partial charge in [-0.1, -0.05) is 54.9 Å². The lowest BCUT2D eigenvalue weighted by molar-refractivity contribution is -0.0119. The zero-order valence-electron chi connectivity index (χ0n) is 14.0. The molecule has 0 aromatic rings. The molecule has 0 fully saturated rings. The van der Waals surface area contributed by atoms with Crippen LogP contribution in [0.4, 0.5) is 0 Å². The third kappa shape index (κ3) is 7.07. The molecule has 0 aliphatic carbocycles. The van der Waals surface area contributed by atoms with Crippen molar-refractivity contribution in [2.75, 3.05) is 0 Å². The van der Waals surface area contributed by atoms with Gasteiger partial charge in [0.1, 0.15) is 6.29 Å². The summed E-state index contributed by atoms with van der Waals surface area (Å²) in [6.07, 6.45) is 2.19. The van der Waals surface area contributed by atoms with E-state index in [1.807, 2.05) is 0 Å². The molecule has 110 valence electrons. The fourth-order valence-electron chi connectivity index (χ4n) is 1.27. The first-order valence-electron chi connectivity index (χ1n) is 7.29. The smallest absolute Gasteiger partial charge is 0.182 e. The first-order chi connectivity index (χ1) is 7.98. The highest BCUT2D eigenvalue weighted by Crippen LogP contribution is 2.31. The SMILES string of the molecule is CCCC(O[SiH](C)C(C)(C)C)O[SiH](C)C(C)(C)C. The molecule has 0 aliphatic heterocycles. The van der Waals surface area contributed by atoms with Crippen molar-refractivity contribution < 1.29 is 8.85 Å². The lowest BCUT2D eigenvalue weighted by atomic mass is 10.3. The summed E-state index contributed by atoms with van der Waals surface area (Å²) >= 11 is 0. The van der Waals surface area contributed by atoms with Crippen molar-refractivity contribution in [1.82, 2.24) is 0 Å². The molecular formula is C14H34O2Si2. The van der Waals surface area contributed by atoms with Crippen molar-refractivity contribution in [2.45, 2.75) is 90.8 Å². The van der Waals surface area contributed by atoms with Crippen molar-refractivity contribution in [3.05, 3.63) is 0 Å². The van der Waals surface area contributed by atoms with Gasteiger partial charge in [0.15, 0.2) is 18.1 Å². The van der Waals surface area contributed by atoms with Crippen LogP contribution in [-0.2, 0) is 8.85 Å². The van der Waals surface area contributed by atoms with Gasteiger partial charge in [0, 0.05) is 0 Å². The van der Waals surface area contributed by atoms with Crippen molar-refractivity contribution in [2.24, 2.45) is 0 Å². The molecule has 0 saturated carbocycles. The second-order valence-electron chi connectivity index (χ2n) is 7.51. The Balaban J connectivity index is 4.49. The minimum atomic E-state index is -1.20. The van der Waals surface area contributed by atoms with Gasteiger partial charge in [0.05, 0.1) is 0 Å². The third-order valence-electron chi connectivity index (χ3n) is 3.68. The Morgan fingerprint density at radius 2 is 1.17 bits per heavy atom. The summed E-state index contributed by atoms with van der Waals surface area (Å²) in [6.45, 7) is 20.4. The Morgan fingerprint density at radius 1 is 0.833 bits per heavy atom. The van der Waals surface area contributed by atoms with Crippen LogP contribution in [0.15, 0.2) is 0 Å². The van der Waals surface area contributed by atoms with Crippen molar-refractivity contribution in [1.29, 1.82) is 0 Å². The first kappa shape index (κ1) is 18.4. The summed E-state index contributed by atoms with van der Waals surface area (Å²) in [5, 5.41) is 0.615. The molecule has 0 amide bonds. The first-order valence-corrected chi connectivity index (χ1v) is 11.7. The molecule has 2 unspecified atom stereocenters. The van der Waals surface area contributed by atoms with E-state index in [9.17, 15) is 0 Å². The van der Waals surface area contributed by atoms with Crippen molar-refractivity contribution in [3.63, 3.8) is 0 Å². The van der Waals surface area contributed by atoms with E-state index in [4.69, 9.17) is 8.85 Å². The van der Waals surface area contributed by atoms with Crippen LogP contribution in [0.25, 0.3) is 0 Å². The van der Waals surface area contributed by atoms with Gasteiger partial charge in [-0.2, -0.15) is 0 Å². The highest BCUT2D eigenvalue weighted by Gasteiger charge is 2.30. The Hall–Kier alpha value is 0.354. The van der Waals surface area contributed by atoms with Gasteiger partial charge < -0.3 is 8.85 Å². The molecule has 0 radical (unpaired) electrons. The minimum absolute atomic E-state index is 0.0387. The molecule has 0 heterocycles. The summed E-state index contributed by atoms with van der Waals surface area (Å²) in [5.41, 5.74) is 0. The molecule has 18 heavy (non-hydrogen) atoms. The van der Waals surface area contributed by atoms with Crippen LogP contribution in [0.1, 0.15) is 61.3 Å². The van der Waals surface area contributed by atoms with Gasteiger partial charge in [0.25, 0.3) is 0 Å². The highest BCUT2D eigenvalue weighted by atomic mass is 28.3. The average Bonchev–Trinajstić information content (AvgIpc) is 2.14. The molecule has 0 N–H and O–H groups in total. The monoisotopic (exact) mass is 290 g/mol. The van der Waals surface area contributed by atoms with E-state index in [1.165, 1.54) is 0 Å². The zero-order valence-corrected chi connectivity index (χ0v) is 16.3. The van der Waals surface area contributed by atoms with Crippen molar-refractivity contribution in [3.8, 4) is 0 Å². The maximum absolute atomic E-state index is 6.27. The van der Waals surface area contributed by atoms with Gasteiger partial charge in [-0.25, -0.2) is 0 Å². The van der Waals surface area contributed by atoms with E-state index >= 15 is 0 Å². The third-order valence-corrected chi connectivity index (χ3v) is 9.98. The van der Waals surface area contributed by atoms with Crippen LogP contribution in [0.5, 0.6) is 0 Å². The van der Waals surface area contributed by atoms with Crippen LogP contribution in [0.2, 0.25) is 23.2 Å². The topological polar surface area (TPSA) is 18.5 Å². The number of rotatable bonds is 6. The van der Waals surface area contributed by atoms with E-state index < -0.39 is 18.1 Å². The maximum Gasteiger partial charge on any atom is 0.182 e. The molecule has 0 saturated heterocycles. The fraction of sp³-hybridized carbons (Fsp3) is 1.00. The summed E-state index contributed by atoms with van der Waals surface area (Å²) in [6, 6.07) is 0. The maximum atomic E-state index is 6.27. The standard InChI is InChI=1S/C14H34O2Si2/c1-10-11-12(15-17(8)13(2,3)4)16-18(9)14(5,6)7/h12,17-18H,10-11H2,1-9H3. The summed E-state index contributed by atoms with van der Waals surface area (Å²) in [5.74, 6) is 0. The zero-order chi connectivity index (χ0) is 14.6. The quantitative estimate of drug-likeness (QED) is 0.531. The average molecular weight is 291 g/mol. The van der Waals surface area contributed by atoms with E-state index in [0.29, 0.717) is 10.1 Å². The predicted molar refractivity (Wildman–Crippen MR) is 86.3 cm³/mol. The van der Waals surface area contributed by atoms with Crippen molar-refractivity contribution >= 4 is 18.1 Å². The molecule has 0 aromatic carbocycles. The van der Waals surface area contributed by atoms with E-state index in [2.05, 4.69) is 61.6 Å². The lowest BCUT2D eigenvalue weighted by Crippen LogP contribution is -2.37. The van der Waals surface area contributed by atoms with Gasteiger partial charge in [-0.05, 0) is 29.6 Å². The molecule has 0 aliphatic rings. The molecule has 0 rings (SSSR count). The second kappa shape index (κ2) is 7.22. The number of hydrogen-bond acceptors (Lipinski definition) is 2. The normalized spacial score (nSPS) is 18.5. The summed E-state index contributed by atoms with van der Waals surface area (Å²) in [7, 11) is -2.39. The lowest BCUT2D eigenvalue weighted by Gasteiger charge is -2.34. The van der Waals surface area contributed by atoms with Crippen LogP contribution in [-0.4, -0.2) is 24.4 Å². The molecule has 0 bridgehead atoms. The molecule has 0 spiro atoms. The van der Waals surface area contributed by atoms with Gasteiger partial charge in [0.2, 0.25) is 0 Å². The molecule has 2 atom stereocenters. The number of hydrogen-bond donors (Lipinski definition) is 0. The Labute approximate surface area is 118 Å². The Kier molecular flexibility index (Phi) is 7.36. The summed E-state index contributed by atoms with van der Waals surface area (Å²) < 4.78 is 12.5. The Morgan fingerprint density at radius 3 is 1.39 bits per heavy atom. The van der Waals surface area contributed by atoms with Gasteiger partial charge in [-0.15, -0.1) is 0 Å². The Bertz CT molecular complexity index is 209. The highest BCUT2D eigenvalue weighted by molar-refractivity contribution is 6.55. The molecule has 4 heteroatoms. The minimum Gasteiger partial charge on any atom is -0.396 e. The van der Waals surface area contributed by atoms with E-state index in [-0.39, 0.29) is 6.29 Å². The fourth-order valence-corrected chi connectivity index (χ4v) is 3.52. The van der Waals surface area contributed by atoms with E-state index in [0.717, 1.165) is 12.8 Å². The van der Waals surface area contributed by atoms with Gasteiger partial charge >= 0.3 is 0 Å².